The smallest absolute Gasteiger partial charge is 0.147 e. The Morgan fingerprint density at radius 2 is 1.20 bits per heavy atom. The summed E-state index contributed by atoms with van der Waals surface area (Å²) in [7, 11) is 0. The summed E-state index contributed by atoms with van der Waals surface area (Å²) in [6.45, 7) is 4.49. The second-order valence-corrected chi connectivity index (χ2v) is 9.34. The summed E-state index contributed by atoms with van der Waals surface area (Å²) in [6.07, 6.45) is 1.87. The number of rotatable bonds is 3. The molecule has 4 aromatic carbocycles. The molecule has 7 rings (SSSR count). The van der Waals surface area contributed by atoms with E-state index in [0.29, 0.717) is 0 Å². The molecule has 0 fully saturated rings. The molecule has 3 nitrogen and oxygen atoms in total. The molecule has 0 amide bonds. The lowest BCUT2D eigenvalue weighted by Crippen LogP contribution is -1.93. The lowest BCUT2D eigenvalue weighted by molar-refractivity contribution is 0.657. The average molecular weight is 454 g/mol. The zero-order valence-electron chi connectivity index (χ0n) is 19.6. The standard InChI is InChI=1S/C32H23NO2/c1-19(2)27-29-22-12-6-8-14-25(22)34-31(29)28(32-30(27)23-13-7-9-15-26(23)35-32)21-16-17-33-24(18-21)20-10-4-3-5-11-20/h3-19H,1-2H3. The van der Waals surface area contributed by atoms with Gasteiger partial charge in [-0.1, -0.05) is 80.6 Å². The van der Waals surface area contributed by atoms with Crippen molar-refractivity contribution in [2.45, 2.75) is 19.8 Å². The third kappa shape index (κ3) is 2.95. The molecule has 0 aliphatic carbocycles. The van der Waals surface area contributed by atoms with Crippen LogP contribution in [-0.4, -0.2) is 4.98 Å². The molecule has 0 aliphatic rings. The number of para-hydroxylation sites is 2. The number of nitrogens with zero attached hydrogens (tertiary/aromatic N) is 1. The summed E-state index contributed by atoms with van der Waals surface area (Å²) >= 11 is 0. The summed E-state index contributed by atoms with van der Waals surface area (Å²) in [5.41, 5.74) is 8.79. The van der Waals surface area contributed by atoms with Gasteiger partial charge in [-0.2, -0.15) is 0 Å². The Kier molecular flexibility index (Phi) is 4.34. The van der Waals surface area contributed by atoms with Crippen LogP contribution in [0, 0.1) is 0 Å². The molecular formula is C32H23NO2. The van der Waals surface area contributed by atoms with E-state index in [-0.39, 0.29) is 5.92 Å². The minimum atomic E-state index is 0.286. The van der Waals surface area contributed by atoms with Gasteiger partial charge in [0.2, 0.25) is 0 Å². The molecule has 7 aromatic rings. The normalized spacial score (nSPS) is 12.0. The molecule has 3 aromatic heterocycles. The Bertz CT molecular complexity index is 1780. The molecule has 0 radical (unpaired) electrons. The molecule has 168 valence electrons. The van der Waals surface area contributed by atoms with Crippen LogP contribution in [0.4, 0.5) is 0 Å². The third-order valence-corrected chi connectivity index (χ3v) is 6.88. The van der Waals surface area contributed by atoms with E-state index in [9.17, 15) is 0 Å². The Morgan fingerprint density at radius 1 is 0.629 bits per heavy atom. The van der Waals surface area contributed by atoms with Crippen LogP contribution in [0.5, 0.6) is 0 Å². The van der Waals surface area contributed by atoms with E-state index in [4.69, 9.17) is 8.83 Å². The molecule has 3 heterocycles. The van der Waals surface area contributed by atoms with Gasteiger partial charge in [-0.3, -0.25) is 4.98 Å². The largest absolute Gasteiger partial charge is 0.455 e. The summed E-state index contributed by atoms with van der Waals surface area (Å²) < 4.78 is 13.2. The molecule has 0 bridgehead atoms. The molecule has 0 atom stereocenters. The van der Waals surface area contributed by atoms with Gasteiger partial charge in [0.15, 0.2) is 0 Å². The maximum atomic E-state index is 6.60. The monoisotopic (exact) mass is 453 g/mol. The van der Waals surface area contributed by atoms with Gasteiger partial charge in [0.05, 0.1) is 11.3 Å². The van der Waals surface area contributed by atoms with Crippen LogP contribution >= 0.6 is 0 Å². The maximum Gasteiger partial charge on any atom is 0.147 e. The minimum Gasteiger partial charge on any atom is -0.455 e. The topological polar surface area (TPSA) is 39.2 Å². The molecule has 3 heteroatoms. The number of hydrogen-bond acceptors (Lipinski definition) is 3. The number of aromatic nitrogens is 1. The number of furan rings is 2. The van der Waals surface area contributed by atoms with Crippen molar-refractivity contribution in [3.8, 4) is 22.4 Å². The molecule has 0 spiro atoms. The van der Waals surface area contributed by atoms with Gasteiger partial charge < -0.3 is 8.83 Å². The molecule has 0 unspecified atom stereocenters. The first kappa shape index (κ1) is 20.0. The first-order valence-corrected chi connectivity index (χ1v) is 12.0. The molecule has 0 saturated heterocycles. The summed E-state index contributed by atoms with van der Waals surface area (Å²) in [5, 5.41) is 4.61. The van der Waals surface area contributed by atoms with Crippen LogP contribution in [0.3, 0.4) is 0 Å². The molecule has 0 saturated carbocycles. The SMILES string of the molecule is CC(C)c1c2c(oc3ccccc32)c(-c2ccnc(-c3ccccc3)c2)c2oc3ccccc3c12. The van der Waals surface area contributed by atoms with Crippen LogP contribution < -0.4 is 0 Å². The summed E-state index contributed by atoms with van der Waals surface area (Å²) in [4.78, 5) is 4.67. The number of hydrogen-bond donors (Lipinski definition) is 0. The summed E-state index contributed by atoms with van der Waals surface area (Å²) in [6, 6.07) is 31.1. The Balaban J connectivity index is 1.69. The third-order valence-electron chi connectivity index (χ3n) is 6.88. The number of fused-ring (bicyclic) bond motifs is 6. The van der Waals surface area contributed by atoms with Gasteiger partial charge in [-0.25, -0.2) is 0 Å². The van der Waals surface area contributed by atoms with Crippen molar-refractivity contribution < 1.29 is 8.83 Å². The first-order valence-electron chi connectivity index (χ1n) is 12.0. The predicted molar refractivity (Wildman–Crippen MR) is 144 cm³/mol. The van der Waals surface area contributed by atoms with Crippen LogP contribution in [0.15, 0.2) is 106 Å². The predicted octanol–water partition coefficient (Wildman–Crippen LogP) is 9.34. The maximum absolute atomic E-state index is 6.60. The second-order valence-electron chi connectivity index (χ2n) is 9.34. The first-order chi connectivity index (χ1) is 17.2. The highest BCUT2D eigenvalue weighted by molar-refractivity contribution is 6.24. The van der Waals surface area contributed by atoms with Gasteiger partial charge >= 0.3 is 0 Å². The van der Waals surface area contributed by atoms with E-state index in [0.717, 1.165) is 55.5 Å². The molecule has 0 aliphatic heterocycles. The highest BCUT2D eigenvalue weighted by Crippen LogP contribution is 2.49. The molecular weight excluding hydrogens is 430 g/mol. The zero-order valence-corrected chi connectivity index (χ0v) is 19.6. The van der Waals surface area contributed by atoms with Crippen molar-refractivity contribution in [3.05, 3.63) is 103 Å². The fourth-order valence-electron chi connectivity index (χ4n) is 5.40. The molecule has 0 N–H and O–H groups in total. The minimum absolute atomic E-state index is 0.286. The van der Waals surface area contributed by atoms with Gasteiger partial charge in [0.1, 0.15) is 22.3 Å². The second kappa shape index (κ2) is 7.57. The van der Waals surface area contributed by atoms with E-state index in [1.54, 1.807) is 0 Å². The highest BCUT2D eigenvalue weighted by Gasteiger charge is 2.26. The van der Waals surface area contributed by atoms with Crippen LogP contribution in [0.1, 0.15) is 25.3 Å². The Hall–Kier alpha value is -4.37. The lowest BCUT2D eigenvalue weighted by Gasteiger charge is -2.14. The van der Waals surface area contributed by atoms with E-state index in [1.165, 1.54) is 16.3 Å². The van der Waals surface area contributed by atoms with Gasteiger partial charge in [-0.05, 0) is 41.3 Å². The van der Waals surface area contributed by atoms with Gasteiger partial charge in [0.25, 0.3) is 0 Å². The van der Waals surface area contributed by atoms with Crippen molar-refractivity contribution in [1.82, 2.24) is 4.98 Å². The lowest BCUT2D eigenvalue weighted by atomic mass is 9.88. The summed E-state index contributed by atoms with van der Waals surface area (Å²) in [5.74, 6) is 0.286. The van der Waals surface area contributed by atoms with Crippen LogP contribution in [-0.2, 0) is 0 Å². The van der Waals surface area contributed by atoms with E-state index in [1.807, 2.05) is 48.7 Å². The highest BCUT2D eigenvalue weighted by atomic mass is 16.3. The van der Waals surface area contributed by atoms with E-state index >= 15 is 0 Å². The molecule has 35 heavy (non-hydrogen) atoms. The Morgan fingerprint density at radius 3 is 1.80 bits per heavy atom. The van der Waals surface area contributed by atoms with Crippen molar-refractivity contribution in [3.63, 3.8) is 0 Å². The van der Waals surface area contributed by atoms with Crippen molar-refractivity contribution in [1.29, 1.82) is 0 Å². The van der Waals surface area contributed by atoms with Crippen LogP contribution in [0.2, 0.25) is 0 Å². The van der Waals surface area contributed by atoms with E-state index < -0.39 is 0 Å². The number of benzene rings is 4. The van der Waals surface area contributed by atoms with Crippen molar-refractivity contribution in [2.24, 2.45) is 0 Å². The fraction of sp³-hybridized carbons (Fsp3) is 0.0938. The van der Waals surface area contributed by atoms with Crippen LogP contribution in [0.25, 0.3) is 66.3 Å². The van der Waals surface area contributed by atoms with Crippen molar-refractivity contribution >= 4 is 43.9 Å². The zero-order chi connectivity index (χ0) is 23.5. The van der Waals surface area contributed by atoms with Gasteiger partial charge in [-0.15, -0.1) is 0 Å². The average Bonchev–Trinajstić information content (AvgIpc) is 3.46. The van der Waals surface area contributed by atoms with Crippen molar-refractivity contribution in [2.75, 3.05) is 0 Å². The fourth-order valence-corrected chi connectivity index (χ4v) is 5.40. The van der Waals surface area contributed by atoms with Gasteiger partial charge in [0, 0.05) is 33.3 Å². The Labute approximate surface area is 202 Å². The quantitative estimate of drug-likeness (QED) is 0.267. The van der Waals surface area contributed by atoms with E-state index in [2.05, 4.69) is 67.4 Å². The number of pyridine rings is 1.